The number of carbonyl (C=O) groups excluding carboxylic acids is 1. The summed E-state index contributed by atoms with van der Waals surface area (Å²) in [6, 6.07) is 16.4. The summed E-state index contributed by atoms with van der Waals surface area (Å²) < 4.78 is 5.31. The van der Waals surface area contributed by atoms with Gasteiger partial charge in [0.2, 0.25) is 0 Å². The third kappa shape index (κ3) is 3.21. The van der Waals surface area contributed by atoms with Gasteiger partial charge in [0.15, 0.2) is 6.10 Å². The highest BCUT2D eigenvalue weighted by Gasteiger charge is 2.28. The second-order valence-electron chi connectivity index (χ2n) is 6.77. The van der Waals surface area contributed by atoms with Gasteiger partial charge in [-0.25, -0.2) is 9.78 Å². The summed E-state index contributed by atoms with van der Waals surface area (Å²) in [7, 11) is 0. The van der Waals surface area contributed by atoms with Crippen LogP contribution in [0.25, 0.3) is 22.6 Å². The number of pyridine rings is 1. The number of nitriles is 1. The Bertz CT molecular complexity index is 1140. The van der Waals surface area contributed by atoms with Crippen molar-refractivity contribution >= 4 is 28.5 Å². The number of phenols is 1. The number of phenolic OH excluding ortho intramolecular Hbond substituents is 1. The molecular weight excluding hydrogens is 352 g/mol. The van der Waals surface area contributed by atoms with Gasteiger partial charge < -0.3 is 9.84 Å². The molecule has 1 heterocycles. The first-order valence-electron chi connectivity index (χ1n) is 9.09. The Kier molecular flexibility index (Phi) is 4.54. The Morgan fingerprint density at radius 2 is 1.96 bits per heavy atom. The summed E-state index contributed by atoms with van der Waals surface area (Å²) in [6.45, 7) is 1.55. The maximum absolute atomic E-state index is 12.8. The zero-order chi connectivity index (χ0) is 19.7. The lowest BCUT2D eigenvalue weighted by molar-refractivity contribution is 0.0436. The summed E-state index contributed by atoms with van der Waals surface area (Å²) in [5, 5.41) is 19.2. The molecule has 0 bridgehead atoms. The summed E-state index contributed by atoms with van der Waals surface area (Å²) in [5.74, 6) is -0.274. The van der Waals surface area contributed by atoms with E-state index in [1.807, 2.05) is 48.5 Å². The standard InChI is InChI=1S/C23H18N2O3/c1-14(13-24)28-23(27)21-18-4-2-3-5-20(18)25-22-16(8-11-19(21)22)12-15-6-9-17(26)10-7-15/h2-7,9-10,12,14,26H,8,11H2,1H3/b16-12+. The monoisotopic (exact) mass is 370 g/mol. The van der Waals surface area contributed by atoms with Crippen molar-refractivity contribution in [3.05, 3.63) is 70.9 Å². The summed E-state index contributed by atoms with van der Waals surface area (Å²) in [5.41, 5.74) is 4.86. The highest BCUT2D eigenvalue weighted by atomic mass is 16.5. The van der Waals surface area contributed by atoms with E-state index in [-0.39, 0.29) is 5.75 Å². The zero-order valence-corrected chi connectivity index (χ0v) is 15.3. The predicted molar refractivity (Wildman–Crippen MR) is 107 cm³/mol. The molecule has 1 N–H and O–H groups in total. The number of fused-ring (bicyclic) bond motifs is 2. The van der Waals surface area contributed by atoms with Gasteiger partial charge in [0, 0.05) is 5.39 Å². The molecule has 0 spiro atoms. The molecular formula is C23H18N2O3. The van der Waals surface area contributed by atoms with Gasteiger partial charge in [0.05, 0.1) is 16.8 Å². The fourth-order valence-electron chi connectivity index (χ4n) is 3.53. The molecule has 0 radical (unpaired) electrons. The Morgan fingerprint density at radius 3 is 2.71 bits per heavy atom. The molecule has 1 aromatic heterocycles. The third-order valence-corrected chi connectivity index (χ3v) is 4.85. The average molecular weight is 370 g/mol. The van der Waals surface area contributed by atoms with E-state index in [1.165, 1.54) is 0 Å². The van der Waals surface area contributed by atoms with E-state index >= 15 is 0 Å². The minimum atomic E-state index is -0.816. The molecule has 4 rings (SSSR count). The number of carbonyl (C=O) groups is 1. The maximum Gasteiger partial charge on any atom is 0.340 e. The van der Waals surface area contributed by atoms with Crippen LogP contribution in [0.15, 0.2) is 48.5 Å². The lowest BCUT2D eigenvalue weighted by Gasteiger charge is -2.13. The van der Waals surface area contributed by atoms with Crippen molar-refractivity contribution in [2.24, 2.45) is 0 Å². The molecule has 0 fully saturated rings. The van der Waals surface area contributed by atoms with Crippen LogP contribution in [0.3, 0.4) is 0 Å². The highest BCUT2D eigenvalue weighted by molar-refractivity contribution is 6.07. The molecule has 0 amide bonds. The smallest absolute Gasteiger partial charge is 0.340 e. The number of esters is 1. The first kappa shape index (κ1) is 17.7. The number of rotatable bonds is 3. The Balaban J connectivity index is 1.86. The van der Waals surface area contributed by atoms with E-state index in [4.69, 9.17) is 15.0 Å². The van der Waals surface area contributed by atoms with Gasteiger partial charge in [-0.1, -0.05) is 30.3 Å². The van der Waals surface area contributed by atoms with Crippen LogP contribution in [-0.4, -0.2) is 22.2 Å². The predicted octanol–water partition coefficient (Wildman–Crippen LogP) is 4.50. The van der Waals surface area contributed by atoms with Crippen LogP contribution in [-0.2, 0) is 11.2 Å². The Labute approximate surface area is 162 Å². The highest BCUT2D eigenvalue weighted by Crippen LogP contribution is 2.38. The normalized spacial score (nSPS) is 15.2. The number of hydrogen-bond donors (Lipinski definition) is 1. The maximum atomic E-state index is 12.8. The van der Waals surface area contributed by atoms with Gasteiger partial charge in [-0.3, -0.25) is 0 Å². The molecule has 5 nitrogen and oxygen atoms in total. The van der Waals surface area contributed by atoms with Crippen LogP contribution in [0.5, 0.6) is 5.75 Å². The van der Waals surface area contributed by atoms with Crippen molar-refractivity contribution in [3.63, 3.8) is 0 Å². The van der Waals surface area contributed by atoms with Crippen LogP contribution < -0.4 is 0 Å². The van der Waals surface area contributed by atoms with Crippen molar-refractivity contribution in [3.8, 4) is 11.8 Å². The quantitative estimate of drug-likeness (QED) is 0.687. The second-order valence-corrected chi connectivity index (χ2v) is 6.77. The van der Waals surface area contributed by atoms with Gasteiger partial charge in [-0.05, 0) is 60.7 Å². The number of hydrogen-bond acceptors (Lipinski definition) is 5. The number of aromatic nitrogens is 1. The molecule has 1 aliphatic rings. The Morgan fingerprint density at radius 1 is 1.21 bits per heavy atom. The average Bonchev–Trinajstić information content (AvgIpc) is 3.09. The lowest BCUT2D eigenvalue weighted by Crippen LogP contribution is -2.16. The minimum Gasteiger partial charge on any atom is -0.508 e. The number of para-hydroxylation sites is 1. The van der Waals surface area contributed by atoms with E-state index in [0.717, 1.165) is 39.7 Å². The molecule has 0 saturated heterocycles. The molecule has 1 atom stereocenters. The number of allylic oxidation sites excluding steroid dienone is 1. The van der Waals surface area contributed by atoms with Gasteiger partial charge >= 0.3 is 5.97 Å². The van der Waals surface area contributed by atoms with Crippen LogP contribution in [0, 0.1) is 11.3 Å². The molecule has 0 aliphatic heterocycles. The largest absolute Gasteiger partial charge is 0.508 e. The molecule has 2 aromatic carbocycles. The van der Waals surface area contributed by atoms with Crippen molar-refractivity contribution in [2.75, 3.05) is 0 Å². The summed E-state index contributed by atoms with van der Waals surface area (Å²) in [4.78, 5) is 17.6. The van der Waals surface area contributed by atoms with E-state index in [1.54, 1.807) is 19.1 Å². The van der Waals surface area contributed by atoms with Crippen LogP contribution in [0.2, 0.25) is 0 Å². The van der Waals surface area contributed by atoms with Crippen LogP contribution >= 0.6 is 0 Å². The summed E-state index contributed by atoms with van der Waals surface area (Å²) >= 11 is 0. The Hall–Kier alpha value is -3.65. The number of ether oxygens (including phenoxy) is 1. The minimum absolute atomic E-state index is 0.217. The molecule has 138 valence electrons. The van der Waals surface area contributed by atoms with E-state index < -0.39 is 12.1 Å². The van der Waals surface area contributed by atoms with E-state index in [0.29, 0.717) is 12.0 Å². The molecule has 1 aliphatic carbocycles. The van der Waals surface area contributed by atoms with Crippen LogP contribution in [0.4, 0.5) is 0 Å². The first-order chi connectivity index (χ1) is 13.6. The lowest BCUT2D eigenvalue weighted by atomic mass is 10.0. The number of nitrogens with zero attached hydrogens (tertiary/aromatic N) is 2. The number of benzene rings is 2. The van der Waals surface area contributed by atoms with Gasteiger partial charge in [0.25, 0.3) is 0 Å². The fraction of sp³-hybridized carbons (Fsp3) is 0.174. The van der Waals surface area contributed by atoms with Crippen molar-refractivity contribution < 1.29 is 14.6 Å². The number of aromatic hydroxyl groups is 1. The molecule has 28 heavy (non-hydrogen) atoms. The zero-order valence-electron chi connectivity index (χ0n) is 15.3. The van der Waals surface area contributed by atoms with E-state index in [9.17, 15) is 9.90 Å². The van der Waals surface area contributed by atoms with Crippen molar-refractivity contribution in [1.82, 2.24) is 4.98 Å². The molecule has 0 saturated carbocycles. The third-order valence-electron chi connectivity index (χ3n) is 4.85. The second kappa shape index (κ2) is 7.16. The van der Waals surface area contributed by atoms with Gasteiger partial charge in [0.1, 0.15) is 11.8 Å². The topological polar surface area (TPSA) is 83.2 Å². The molecule has 1 unspecified atom stereocenters. The SMILES string of the molecule is CC(C#N)OC(=O)c1c2c(nc3ccccc13)/C(=C/c1ccc(O)cc1)CC2. The van der Waals surface area contributed by atoms with Crippen molar-refractivity contribution in [1.29, 1.82) is 5.26 Å². The molecule has 5 heteroatoms. The molecule has 3 aromatic rings. The first-order valence-corrected chi connectivity index (χ1v) is 9.09. The van der Waals surface area contributed by atoms with Gasteiger partial charge in [-0.15, -0.1) is 0 Å². The fourth-order valence-corrected chi connectivity index (χ4v) is 3.53. The van der Waals surface area contributed by atoms with E-state index in [2.05, 4.69) is 0 Å². The van der Waals surface area contributed by atoms with Gasteiger partial charge in [-0.2, -0.15) is 5.26 Å². The van der Waals surface area contributed by atoms with Crippen molar-refractivity contribution in [2.45, 2.75) is 25.9 Å². The summed E-state index contributed by atoms with van der Waals surface area (Å²) in [6.07, 6.45) is 2.65. The van der Waals surface area contributed by atoms with Crippen LogP contribution in [0.1, 0.15) is 40.5 Å².